The van der Waals surface area contributed by atoms with Crippen LogP contribution in [0.3, 0.4) is 0 Å². The van der Waals surface area contributed by atoms with E-state index in [1.807, 2.05) is 31.2 Å². The smallest absolute Gasteiger partial charge is 0.340 e. The minimum Gasteiger partial charge on any atom is -0.462 e. The number of ether oxygens (including phenoxy) is 2. The molecule has 32 heavy (non-hydrogen) atoms. The number of ketones is 1. The molecule has 0 unspecified atom stereocenters. The number of esters is 2. The zero-order valence-corrected chi connectivity index (χ0v) is 18.6. The number of nitrogens with zero attached hydrogens (tertiary/aromatic N) is 1. The molecule has 1 aromatic carbocycles. The van der Waals surface area contributed by atoms with Gasteiger partial charge < -0.3 is 18.9 Å². The average molecular weight is 438 g/mol. The van der Waals surface area contributed by atoms with Gasteiger partial charge in [-0.3, -0.25) is 9.59 Å². The molecule has 2 aromatic heterocycles. The first kappa shape index (κ1) is 23.0. The fourth-order valence-corrected chi connectivity index (χ4v) is 3.36. The van der Waals surface area contributed by atoms with E-state index in [0.717, 1.165) is 11.1 Å². The van der Waals surface area contributed by atoms with E-state index >= 15 is 0 Å². The number of hydrogen-bond acceptors (Lipinski definition) is 7. The van der Waals surface area contributed by atoms with E-state index in [-0.39, 0.29) is 30.6 Å². The van der Waals surface area contributed by atoms with Gasteiger partial charge >= 0.3 is 11.9 Å². The molecule has 0 saturated carbocycles. The van der Waals surface area contributed by atoms with Gasteiger partial charge in [0.2, 0.25) is 5.78 Å². The third kappa shape index (κ3) is 5.32. The first-order valence-electron chi connectivity index (χ1n) is 10.4. The van der Waals surface area contributed by atoms with Gasteiger partial charge in [0.1, 0.15) is 0 Å². The lowest BCUT2D eigenvalue weighted by Crippen LogP contribution is -2.18. The Balaban J connectivity index is 1.55. The summed E-state index contributed by atoms with van der Waals surface area (Å²) in [5.41, 5.74) is 3.46. The Labute approximate surface area is 185 Å². The van der Waals surface area contributed by atoms with Crippen molar-refractivity contribution in [3.8, 4) is 11.3 Å². The van der Waals surface area contributed by atoms with Crippen molar-refractivity contribution in [3.05, 3.63) is 64.4 Å². The second-order valence-corrected chi connectivity index (χ2v) is 7.41. The van der Waals surface area contributed by atoms with Crippen molar-refractivity contribution in [2.45, 2.75) is 40.5 Å². The molecule has 0 radical (unpaired) electrons. The van der Waals surface area contributed by atoms with Crippen LogP contribution in [0.1, 0.15) is 56.9 Å². The van der Waals surface area contributed by atoms with Gasteiger partial charge in [0.25, 0.3) is 0 Å². The number of carbonyl (C=O) groups is 3. The molecule has 2 heterocycles. The summed E-state index contributed by atoms with van der Waals surface area (Å²) >= 11 is 0. The highest BCUT2D eigenvalue weighted by molar-refractivity contribution is 6.09. The molecule has 3 rings (SSSR count). The highest BCUT2D eigenvalue weighted by Crippen LogP contribution is 2.22. The molecular weight excluding hydrogens is 412 g/mol. The first-order valence-corrected chi connectivity index (χ1v) is 10.4. The topological polar surface area (TPSA) is 111 Å². The molecule has 0 spiro atoms. The number of aromatic amines is 1. The Morgan fingerprint density at radius 1 is 1.00 bits per heavy atom. The molecule has 8 heteroatoms. The van der Waals surface area contributed by atoms with Crippen LogP contribution >= 0.6 is 0 Å². The van der Waals surface area contributed by atoms with E-state index in [4.69, 9.17) is 13.9 Å². The summed E-state index contributed by atoms with van der Waals surface area (Å²) in [7, 11) is 0. The third-order valence-corrected chi connectivity index (χ3v) is 4.93. The Kier molecular flexibility index (Phi) is 7.25. The number of carbonyl (C=O) groups excluding carboxylic acids is 3. The molecule has 1 N–H and O–H groups in total. The van der Waals surface area contributed by atoms with Crippen molar-refractivity contribution in [1.29, 1.82) is 0 Å². The molecule has 0 saturated heterocycles. The van der Waals surface area contributed by atoms with E-state index in [1.165, 1.54) is 0 Å². The van der Waals surface area contributed by atoms with Crippen LogP contribution in [0.15, 0.2) is 34.9 Å². The number of nitrogens with one attached hydrogen (secondary N) is 1. The number of aromatic nitrogens is 2. The summed E-state index contributed by atoms with van der Waals surface area (Å²) in [5, 5.41) is 0. The number of benzene rings is 1. The molecule has 0 atom stereocenters. The van der Waals surface area contributed by atoms with Gasteiger partial charge in [0.15, 0.2) is 18.3 Å². The summed E-state index contributed by atoms with van der Waals surface area (Å²) < 4.78 is 15.8. The zero-order chi connectivity index (χ0) is 23.3. The normalized spacial score (nSPS) is 10.8. The number of hydrogen-bond donors (Lipinski definition) is 1. The van der Waals surface area contributed by atoms with Crippen LogP contribution in [0.2, 0.25) is 0 Å². The zero-order valence-electron chi connectivity index (χ0n) is 18.6. The second kappa shape index (κ2) is 10.1. The average Bonchev–Trinajstić information content (AvgIpc) is 3.35. The Hall–Kier alpha value is -3.68. The Bertz CT molecular complexity index is 1120. The summed E-state index contributed by atoms with van der Waals surface area (Å²) in [6.07, 6.45) is 1.87. The minimum absolute atomic E-state index is 0.0109. The van der Waals surface area contributed by atoms with E-state index in [9.17, 15) is 14.4 Å². The van der Waals surface area contributed by atoms with Crippen molar-refractivity contribution in [1.82, 2.24) is 9.97 Å². The highest BCUT2D eigenvalue weighted by Gasteiger charge is 2.26. The van der Waals surface area contributed by atoms with E-state index in [0.29, 0.717) is 23.0 Å². The van der Waals surface area contributed by atoms with E-state index < -0.39 is 24.3 Å². The molecule has 3 aromatic rings. The summed E-state index contributed by atoms with van der Waals surface area (Å²) in [6.45, 7) is 6.78. The molecule has 0 aliphatic heterocycles. The fourth-order valence-electron chi connectivity index (χ4n) is 3.36. The van der Waals surface area contributed by atoms with Crippen molar-refractivity contribution >= 4 is 17.7 Å². The van der Waals surface area contributed by atoms with Gasteiger partial charge in [-0.15, -0.1) is 0 Å². The van der Waals surface area contributed by atoms with Crippen molar-refractivity contribution in [2.24, 2.45) is 0 Å². The molecule has 8 nitrogen and oxygen atoms in total. The predicted molar refractivity (Wildman–Crippen MR) is 117 cm³/mol. The Morgan fingerprint density at radius 2 is 1.69 bits per heavy atom. The number of aryl methyl sites for hydroxylation is 4. The second-order valence-electron chi connectivity index (χ2n) is 7.41. The van der Waals surface area contributed by atoms with Crippen LogP contribution in [-0.4, -0.2) is 40.9 Å². The standard InChI is InChI=1S/C24H26N2O6/c1-5-30-24(29)23-16(4)26-15(3)22(23)18(27)13-31-21(28)11-10-20-25-12-19(32-20)17-8-6-14(2)7-9-17/h6-9,12,26H,5,10-11,13H2,1-4H3. The molecule has 0 bridgehead atoms. The third-order valence-electron chi connectivity index (χ3n) is 4.93. The number of rotatable bonds is 9. The SMILES string of the molecule is CCOC(=O)c1c(C)[nH]c(C)c1C(=O)COC(=O)CCc1ncc(-c2ccc(C)cc2)o1. The maximum atomic E-state index is 12.6. The van der Waals surface area contributed by atoms with Gasteiger partial charge in [-0.05, 0) is 27.7 Å². The lowest BCUT2D eigenvalue weighted by molar-refractivity contribution is -0.142. The van der Waals surface area contributed by atoms with Gasteiger partial charge in [-0.1, -0.05) is 29.8 Å². The molecule has 168 valence electrons. The van der Waals surface area contributed by atoms with Crippen LogP contribution in [0, 0.1) is 20.8 Å². The molecule has 0 aliphatic carbocycles. The van der Waals surface area contributed by atoms with Gasteiger partial charge in [0.05, 0.1) is 30.4 Å². The first-order chi connectivity index (χ1) is 15.3. The Morgan fingerprint density at radius 3 is 2.38 bits per heavy atom. The van der Waals surface area contributed by atoms with Crippen molar-refractivity contribution in [3.63, 3.8) is 0 Å². The van der Waals surface area contributed by atoms with Crippen LogP contribution < -0.4 is 0 Å². The maximum absolute atomic E-state index is 12.6. The lowest BCUT2D eigenvalue weighted by atomic mass is 10.1. The van der Waals surface area contributed by atoms with Gasteiger partial charge in [-0.2, -0.15) is 0 Å². The summed E-state index contributed by atoms with van der Waals surface area (Å²) in [5.74, 6) is -0.590. The minimum atomic E-state index is -0.586. The highest BCUT2D eigenvalue weighted by atomic mass is 16.5. The predicted octanol–water partition coefficient (Wildman–Crippen LogP) is 4.13. The molecule has 0 amide bonds. The van der Waals surface area contributed by atoms with E-state index in [1.54, 1.807) is 27.0 Å². The van der Waals surface area contributed by atoms with Crippen LogP contribution in [0.5, 0.6) is 0 Å². The fraction of sp³-hybridized carbons (Fsp3) is 0.333. The lowest BCUT2D eigenvalue weighted by Gasteiger charge is -2.07. The number of H-pyrrole nitrogens is 1. The maximum Gasteiger partial charge on any atom is 0.340 e. The van der Waals surface area contributed by atoms with Crippen LogP contribution in [-0.2, 0) is 20.7 Å². The number of Topliss-reactive ketones (excluding diaryl/α,β-unsaturated/α-hetero) is 1. The van der Waals surface area contributed by atoms with Crippen molar-refractivity contribution < 1.29 is 28.3 Å². The molecular formula is C24H26N2O6. The van der Waals surface area contributed by atoms with Gasteiger partial charge in [0, 0.05) is 23.4 Å². The summed E-state index contributed by atoms with van der Waals surface area (Å²) in [6, 6.07) is 7.84. The number of oxazole rings is 1. The monoisotopic (exact) mass is 438 g/mol. The van der Waals surface area contributed by atoms with Crippen LogP contribution in [0.25, 0.3) is 11.3 Å². The van der Waals surface area contributed by atoms with Gasteiger partial charge in [-0.25, -0.2) is 9.78 Å². The van der Waals surface area contributed by atoms with E-state index in [2.05, 4.69) is 9.97 Å². The largest absolute Gasteiger partial charge is 0.462 e. The van der Waals surface area contributed by atoms with Crippen LogP contribution in [0.4, 0.5) is 0 Å². The molecule has 0 fully saturated rings. The van der Waals surface area contributed by atoms with Crippen molar-refractivity contribution in [2.75, 3.05) is 13.2 Å². The summed E-state index contributed by atoms with van der Waals surface area (Å²) in [4.78, 5) is 44.1. The quantitative estimate of drug-likeness (QED) is 0.395. The molecule has 0 aliphatic rings.